The molecule has 0 unspecified atom stereocenters. The number of para-hydroxylation sites is 1. The van der Waals surface area contributed by atoms with E-state index < -0.39 is 5.41 Å². The molecule has 192 valence electrons. The SMILES string of the molecule is N#CC1(c2ccccc2)CCN(Cc2ccc(C(=N)N3C(=N)c4ccccc4Nc4ncccc43)cc2)CC1. The highest BCUT2D eigenvalue weighted by Gasteiger charge is 2.36. The maximum Gasteiger partial charge on any atom is 0.154 e. The van der Waals surface area contributed by atoms with Gasteiger partial charge in [0.05, 0.1) is 22.9 Å². The number of pyridine rings is 1. The predicted molar refractivity (Wildman–Crippen MR) is 155 cm³/mol. The van der Waals surface area contributed by atoms with Gasteiger partial charge >= 0.3 is 0 Å². The highest BCUT2D eigenvalue weighted by Crippen LogP contribution is 2.36. The molecule has 3 aromatic carbocycles. The lowest BCUT2D eigenvalue weighted by Crippen LogP contribution is -2.41. The first-order valence-electron chi connectivity index (χ1n) is 13.2. The van der Waals surface area contributed by atoms with Crippen molar-refractivity contribution in [2.24, 2.45) is 0 Å². The normalized spacial score (nSPS) is 16.3. The number of benzene rings is 3. The zero-order valence-corrected chi connectivity index (χ0v) is 21.6. The van der Waals surface area contributed by atoms with Crippen molar-refractivity contribution in [1.29, 1.82) is 16.1 Å². The van der Waals surface area contributed by atoms with E-state index in [1.165, 1.54) is 0 Å². The summed E-state index contributed by atoms with van der Waals surface area (Å²) < 4.78 is 0. The number of hydrogen-bond donors (Lipinski definition) is 3. The third-order valence-electron chi connectivity index (χ3n) is 7.79. The van der Waals surface area contributed by atoms with E-state index in [9.17, 15) is 5.26 Å². The lowest BCUT2D eigenvalue weighted by molar-refractivity contribution is 0.179. The van der Waals surface area contributed by atoms with Crippen LogP contribution in [-0.2, 0) is 12.0 Å². The largest absolute Gasteiger partial charge is 0.338 e. The second kappa shape index (κ2) is 10.2. The van der Waals surface area contributed by atoms with E-state index in [2.05, 4.69) is 45.5 Å². The van der Waals surface area contributed by atoms with Crippen molar-refractivity contribution >= 4 is 28.9 Å². The van der Waals surface area contributed by atoms with Crippen LogP contribution in [0.4, 0.5) is 17.2 Å². The van der Waals surface area contributed by atoms with Crippen LogP contribution in [0.3, 0.4) is 0 Å². The molecule has 1 saturated heterocycles. The van der Waals surface area contributed by atoms with Gasteiger partial charge in [-0.25, -0.2) is 4.98 Å². The topological polar surface area (TPSA) is 103 Å². The summed E-state index contributed by atoms with van der Waals surface area (Å²) in [6.45, 7) is 2.52. The minimum Gasteiger partial charge on any atom is -0.338 e. The van der Waals surface area contributed by atoms with Crippen molar-refractivity contribution in [3.05, 3.63) is 119 Å². The Bertz CT molecular complexity index is 1560. The maximum absolute atomic E-state index is 10.00. The standard InChI is InChI=1S/C32H29N7/c33-22-32(25-7-2-1-3-8-25)16-19-38(20-17-32)21-23-12-14-24(15-13-23)29(34)39-28-11-6-18-36-31(28)37-27-10-5-4-9-26(27)30(39)35/h1-15,18,34-35H,16-17,19-21H2,(H,36,37). The van der Waals surface area contributed by atoms with Gasteiger partial charge in [-0.05, 0) is 48.2 Å². The molecule has 4 aromatic rings. The summed E-state index contributed by atoms with van der Waals surface area (Å²) in [5, 5.41) is 31.4. The fourth-order valence-electron chi connectivity index (χ4n) is 5.54. The van der Waals surface area contributed by atoms with Crippen LogP contribution in [0.2, 0.25) is 0 Å². The number of likely N-dealkylation sites (tertiary alicyclic amines) is 1. The van der Waals surface area contributed by atoms with Crippen molar-refractivity contribution in [2.75, 3.05) is 23.3 Å². The van der Waals surface area contributed by atoms with Crippen molar-refractivity contribution in [2.45, 2.75) is 24.8 Å². The number of nitrogens with zero attached hydrogens (tertiary/aromatic N) is 4. The summed E-state index contributed by atoms with van der Waals surface area (Å²) >= 11 is 0. The van der Waals surface area contributed by atoms with Gasteiger partial charge in [-0.2, -0.15) is 5.26 Å². The number of fused-ring (bicyclic) bond motifs is 2. The number of nitriles is 1. The Morgan fingerprint density at radius 3 is 2.38 bits per heavy atom. The number of rotatable bonds is 4. The molecule has 0 spiro atoms. The summed E-state index contributed by atoms with van der Waals surface area (Å²) in [4.78, 5) is 8.52. The summed E-state index contributed by atoms with van der Waals surface area (Å²) in [6.07, 6.45) is 3.34. The molecule has 0 radical (unpaired) electrons. The van der Waals surface area contributed by atoms with Gasteiger partial charge in [-0.3, -0.25) is 20.6 Å². The van der Waals surface area contributed by atoms with Gasteiger partial charge in [0.25, 0.3) is 0 Å². The van der Waals surface area contributed by atoms with Crippen molar-refractivity contribution < 1.29 is 0 Å². The fourth-order valence-corrected chi connectivity index (χ4v) is 5.54. The molecule has 0 bridgehead atoms. The van der Waals surface area contributed by atoms with Crippen LogP contribution < -0.4 is 10.2 Å². The molecule has 3 N–H and O–H groups in total. The molecular weight excluding hydrogens is 482 g/mol. The summed E-state index contributed by atoms with van der Waals surface area (Å²) in [7, 11) is 0. The van der Waals surface area contributed by atoms with Crippen LogP contribution in [0.1, 0.15) is 35.1 Å². The van der Waals surface area contributed by atoms with E-state index in [0.29, 0.717) is 17.1 Å². The molecule has 0 atom stereocenters. The molecule has 0 saturated carbocycles. The van der Waals surface area contributed by atoms with Crippen molar-refractivity contribution in [3.8, 4) is 6.07 Å². The lowest BCUT2D eigenvalue weighted by Gasteiger charge is -2.37. The van der Waals surface area contributed by atoms with E-state index in [1.807, 2.05) is 66.7 Å². The molecule has 2 aliphatic rings. The highest BCUT2D eigenvalue weighted by atomic mass is 15.2. The number of amidine groups is 2. The molecule has 7 nitrogen and oxygen atoms in total. The molecule has 1 fully saturated rings. The Hall–Kier alpha value is -4.80. The minimum atomic E-state index is -0.410. The number of hydrogen-bond acceptors (Lipinski definition) is 6. The van der Waals surface area contributed by atoms with Gasteiger partial charge in [0, 0.05) is 37.0 Å². The average Bonchev–Trinajstić information content (AvgIpc) is 3.12. The third kappa shape index (κ3) is 4.56. The van der Waals surface area contributed by atoms with E-state index >= 15 is 0 Å². The summed E-state index contributed by atoms with van der Waals surface area (Å²) in [6, 6.07) is 32.1. The monoisotopic (exact) mass is 511 g/mol. The van der Waals surface area contributed by atoms with Crippen LogP contribution >= 0.6 is 0 Å². The molecule has 2 aliphatic heterocycles. The van der Waals surface area contributed by atoms with Gasteiger partial charge in [0.2, 0.25) is 0 Å². The second-order valence-electron chi connectivity index (χ2n) is 10.1. The Labute approximate surface area is 228 Å². The van der Waals surface area contributed by atoms with E-state index in [-0.39, 0.29) is 11.7 Å². The Morgan fingerprint density at radius 1 is 0.923 bits per heavy atom. The van der Waals surface area contributed by atoms with Gasteiger partial charge in [-0.15, -0.1) is 0 Å². The predicted octanol–water partition coefficient (Wildman–Crippen LogP) is 6.05. The molecule has 0 aliphatic carbocycles. The summed E-state index contributed by atoms with van der Waals surface area (Å²) in [5.74, 6) is 1.06. The molecular formula is C32H29N7. The number of piperidine rings is 1. The van der Waals surface area contributed by atoms with E-state index in [0.717, 1.165) is 54.9 Å². The Balaban J connectivity index is 1.18. The van der Waals surface area contributed by atoms with E-state index in [1.54, 1.807) is 11.1 Å². The molecule has 39 heavy (non-hydrogen) atoms. The zero-order chi connectivity index (χ0) is 26.8. The Kier molecular flexibility index (Phi) is 6.39. The maximum atomic E-state index is 10.00. The zero-order valence-electron chi connectivity index (χ0n) is 21.6. The quantitative estimate of drug-likeness (QED) is 0.229. The van der Waals surface area contributed by atoms with Crippen LogP contribution in [0.5, 0.6) is 0 Å². The van der Waals surface area contributed by atoms with E-state index in [4.69, 9.17) is 10.8 Å². The molecule has 6 rings (SSSR count). The third-order valence-corrected chi connectivity index (χ3v) is 7.79. The van der Waals surface area contributed by atoms with Gasteiger partial charge < -0.3 is 5.32 Å². The molecule has 3 heterocycles. The van der Waals surface area contributed by atoms with Gasteiger partial charge in [-0.1, -0.05) is 66.7 Å². The van der Waals surface area contributed by atoms with Gasteiger partial charge in [0.1, 0.15) is 11.7 Å². The van der Waals surface area contributed by atoms with Crippen LogP contribution in [-0.4, -0.2) is 34.6 Å². The molecule has 1 aromatic heterocycles. The Morgan fingerprint density at radius 2 is 1.64 bits per heavy atom. The fraction of sp³-hybridized carbons (Fsp3) is 0.188. The first-order chi connectivity index (χ1) is 19.1. The van der Waals surface area contributed by atoms with Crippen molar-refractivity contribution in [1.82, 2.24) is 9.88 Å². The number of aromatic nitrogens is 1. The second-order valence-corrected chi connectivity index (χ2v) is 10.1. The lowest BCUT2D eigenvalue weighted by atomic mass is 9.74. The average molecular weight is 512 g/mol. The van der Waals surface area contributed by atoms with Crippen molar-refractivity contribution in [3.63, 3.8) is 0 Å². The van der Waals surface area contributed by atoms with Crippen LogP contribution in [0.15, 0.2) is 97.2 Å². The highest BCUT2D eigenvalue weighted by molar-refractivity contribution is 6.30. The first-order valence-corrected chi connectivity index (χ1v) is 13.2. The molecule has 7 heteroatoms. The van der Waals surface area contributed by atoms with Gasteiger partial charge in [0.15, 0.2) is 5.82 Å². The molecule has 0 amide bonds. The number of nitrogens with one attached hydrogen (secondary N) is 3. The minimum absolute atomic E-state index is 0.221. The van der Waals surface area contributed by atoms with Crippen LogP contribution in [0, 0.1) is 22.1 Å². The number of anilines is 3. The first kappa shape index (κ1) is 24.5. The van der Waals surface area contributed by atoms with Crippen LogP contribution in [0.25, 0.3) is 0 Å². The smallest absolute Gasteiger partial charge is 0.154 e. The summed E-state index contributed by atoms with van der Waals surface area (Å²) in [5.41, 5.74) is 4.77.